The van der Waals surface area contributed by atoms with Crippen LogP contribution in [0.1, 0.15) is 30.5 Å². The lowest BCUT2D eigenvalue weighted by Gasteiger charge is -2.20. The summed E-state index contributed by atoms with van der Waals surface area (Å²) in [4.78, 5) is 12.8. The predicted molar refractivity (Wildman–Crippen MR) is 103 cm³/mol. The van der Waals surface area contributed by atoms with Crippen LogP contribution in [0.5, 0.6) is 0 Å². The van der Waals surface area contributed by atoms with Crippen molar-refractivity contribution in [2.75, 3.05) is 25.1 Å². The minimum absolute atomic E-state index is 0.0320. The third-order valence-electron chi connectivity index (χ3n) is 3.96. The fraction of sp³-hybridized carbons (Fsp3) is 0.350. The average molecular weight is 415 g/mol. The number of ether oxygens (including phenoxy) is 1. The first-order chi connectivity index (χ1) is 13.3. The fourth-order valence-corrected chi connectivity index (χ4v) is 2.74. The second kappa shape index (κ2) is 10.5. The summed E-state index contributed by atoms with van der Waals surface area (Å²) in [5, 5.41) is 5.66. The van der Waals surface area contributed by atoms with Gasteiger partial charge in [0.2, 0.25) is 5.91 Å². The Hall–Kier alpha value is -2.09. The van der Waals surface area contributed by atoms with E-state index in [0.717, 1.165) is 18.2 Å². The summed E-state index contributed by atoms with van der Waals surface area (Å²) < 4.78 is 44.1. The Morgan fingerprint density at radius 3 is 2.54 bits per heavy atom. The third-order valence-corrected chi connectivity index (χ3v) is 4.29. The minimum Gasteiger partial charge on any atom is -0.382 e. The van der Waals surface area contributed by atoms with Gasteiger partial charge in [-0.05, 0) is 43.7 Å². The molecule has 0 aliphatic carbocycles. The van der Waals surface area contributed by atoms with Gasteiger partial charge in [-0.15, -0.1) is 0 Å². The lowest BCUT2D eigenvalue weighted by Crippen LogP contribution is -2.34. The first-order valence-corrected chi connectivity index (χ1v) is 9.24. The van der Waals surface area contributed by atoms with Crippen LogP contribution in [0.3, 0.4) is 0 Å². The molecule has 152 valence electrons. The molecule has 0 bridgehead atoms. The van der Waals surface area contributed by atoms with Gasteiger partial charge >= 0.3 is 6.18 Å². The Kier molecular flexibility index (Phi) is 8.29. The molecule has 2 aromatic rings. The van der Waals surface area contributed by atoms with Gasteiger partial charge in [0, 0.05) is 13.2 Å². The highest BCUT2D eigenvalue weighted by molar-refractivity contribution is 6.33. The molecule has 28 heavy (non-hydrogen) atoms. The quantitative estimate of drug-likeness (QED) is 0.564. The lowest BCUT2D eigenvalue weighted by atomic mass is 10.1. The van der Waals surface area contributed by atoms with Gasteiger partial charge in [0.15, 0.2) is 0 Å². The van der Waals surface area contributed by atoms with Gasteiger partial charge in [-0.1, -0.05) is 41.9 Å². The molecule has 0 aliphatic rings. The fourth-order valence-electron chi connectivity index (χ4n) is 2.57. The van der Waals surface area contributed by atoms with Crippen molar-refractivity contribution in [3.05, 3.63) is 64.7 Å². The van der Waals surface area contributed by atoms with Crippen LogP contribution in [-0.4, -0.2) is 25.7 Å². The van der Waals surface area contributed by atoms with E-state index in [1.165, 1.54) is 0 Å². The molecule has 4 nitrogen and oxygen atoms in total. The number of anilines is 1. The highest BCUT2D eigenvalue weighted by Crippen LogP contribution is 2.34. The SMILES string of the molecule is CCOCCCN[C@H](C(=O)Nc1cc(C(F)(F)F)ccc1Cl)c1ccccc1. The summed E-state index contributed by atoms with van der Waals surface area (Å²) in [6.07, 6.45) is -3.84. The van der Waals surface area contributed by atoms with Gasteiger partial charge in [0.1, 0.15) is 6.04 Å². The van der Waals surface area contributed by atoms with Crippen LogP contribution in [0.4, 0.5) is 18.9 Å². The molecule has 8 heteroatoms. The zero-order valence-corrected chi connectivity index (χ0v) is 16.1. The standard InChI is InChI=1S/C20H22ClF3N2O2/c1-2-28-12-6-11-25-18(14-7-4-3-5-8-14)19(27)26-17-13-15(20(22,23)24)9-10-16(17)21/h3-5,7-10,13,18,25H,2,6,11-12H2,1H3,(H,26,27)/t18-/m0/s1. The van der Waals surface area contributed by atoms with Gasteiger partial charge in [-0.25, -0.2) is 0 Å². The number of nitrogens with one attached hydrogen (secondary N) is 2. The smallest absolute Gasteiger partial charge is 0.382 e. The largest absolute Gasteiger partial charge is 0.416 e. The number of benzene rings is 2. The molecule has 2 aromatic carbocycles. The first-order valence-electron chi connectivity index (χ1n) is 8.86. The molecule has 1 amide bonds. The number of carbonyl (C=O) groups excluding carboxylic acids is 1. The Bertz CT molecular complexity index is 770. The number of carbonyl (C=O) groups is 1. The number of rotatable bonds is 9. The topological polar surface area (TPSA) is 50.4 Å². The average Bonchev–Trinajstić information content (AvgIpc) is 2.66. The molecule has 0 aliphatic heterocycles. The highest BCUT2D eigenvalue weighted by Gasteiger charge is 2.31. The summed E-state index contributed by atoms with van der Waals surface area (Å²) in [6.45, 7) is 3.55. The molecule has 0 radical (unpaired) electrons. The summed E-state index contributed by atoms with van der Waals surface area (Å²) in [7, 11) is 0. The molecular formula is C20H22ClF3N2O2. The Labute approximate surface area is 167 Å². The van der Waals surface area contributed by atoms with E-state index in [1.807, 2.05) is 13.0 Å². The van der Waals surface area contributed by atoms with E-state index in [-0.39, 0.29) is 10.7 Å². The van der Waals surface area contributed by atoms with Crippen LogP contribution >= 0.6 is 11.6 Å². The normalized spacial score (nSPS) is 12.6. The summed E-state index contributed by atoms with van der Waals surface area (Å²) >= 11 is 5.98. The summed E-state index contributed by atoms with van der Waals surface area (Å²) in [5.74, 6) is -0.496. The van der Waals surface area contributed by atoms with Crippen LogP contribution in [0, 0.1) is 0 Å². The van der Waals surface area contributed by atoms with Crippen molar-refractivity contribution in [2.24, 2.45) is 0 Å². The minimum atomic E-state index is -4.53. The van der Waals surface area contributed by atoms with Gasteiger partial charge in [0.05, 0.1) is 16.3 Å². The van der Waals surface area contributed by atoms with Crippen LogP contribution in [0.25, 0.3) is 0 Å². The van der Waals surface area contributed by atoms with E-state index in [4.69, 9.17) is 16.3 Å². The van der Waals surface area contributed by atoms with Crippen molar-refractivity contribution in [3.63, 3.8) is 0 Å². The van der Waals surface area contributed by atoms with Crippen LogP contribution in [0.15, 0.2) is 48.5 Å². The summed E-state index contributed by atoms with van der Waals surface area (Å²) in [6, 6.07) is 11.0. The maximum Gasteiger partial charge on any atom is 0.416 e. The van der Waals surface area contributed by atoms with E-state index in [0.29, 0.717) is 31.7 Å². The first kappa shape index (κ1) is 22.2. The summed E-state index contributed by atoms with van der Waals surface area (Å²) in [5.41, 5.74) is -0.272. The van der Waals surface area contributed by atoms with E-state index < -0.39 is 23.7 Å². The molecule has 0 fully saturated rings. The molecule has 0 heterocycles. The maximum absolute atomic E-state index is 12.9. The van der Waals surface area contributed by atoms with E-state index in [1.54, 1.807) is 24.3 Å². The highest BCUT2D eigenvalue weighted by atomic mass is 35.5. The molecule has 1 atom stereocenters. The van der Waals surface area contributed by atoms with Crippen LogP contribution in [0.2, 0.25) is 5.02 Å². The Morgan fingerprint density at radius 2 is 1.89 bits per heavy atom. The number of amides is 1. The number of hydrogen-bond acceptors (Lipinski definition) is 3. The van der Waals surface area contributed by atoms with E-state index >= 15 is 0 Å². The van der Waals surface area contributed by atoms with Crippen molar-refractivity contribution >= 4 is 23.2 Å². The van der Waals surface area contributed by atoms with Gasteiger partial charge < -0.3 is 15.4 Å². The molecule has 0 aromatic heterocycles. The third kappa shape index (κ3) is 6.51. The van der Waals surface area contributed by atoms with Crippen molar-refractivity contribution in [2.45, 2.75) is 25.6 Å². The van der Waals surface area contributed by atoms with Crippen LogP contribution in [-0.2, 0) is 15.7 Å². The molecule has 0 unspecified atom stereocenters. The molecule has 2 N–H and O–H groups in total. The number of hydrogen-bond donors (Lipinski definition) is 2. The predicted octanol–water partition coefficient (Wildman–Crippen LogP) is 5.05. The monoisotopic (exact) mass is 414 g/mol. The van der Waals surface area contributed by atoms with Gasteiger partial charge in [-0.2, -0.15) is 13.2 Å². The molecular weight excluding hydrogens is 393 g/mol. The van der Waals surface area contributed by atoms with Crippen LogP contribution < -0.4 is 10.6 Å². The van der Waals surface area contributed by atoms with E-state index in [2.05, 4.69) is 10.6 Å². The Morgan fingerprint density at radius 1 is 1.18 bits per heavy atom. The van der Waals surface area contributed by atoms with Crippen molar-refractivity contribution in [3.8, 4) is 0 Å². The molecule has 0 saturated carbocycles. The zero-order chi connectivity index (χ0) is 20.6. The molecule has 0 saturated heterocycles. The van der Waals surface area contributed by atoms with Gasteiger partial charge in [0.25, 0.3) is 0 Å². The molecule has 0 spiro atoms. The Balaban J connectivity index is 2.16. The van der Waals surface area contributed by atoms with Gasteiger partial charge in [-0.3, -0.25) is 4.79 Å². The van der Waals surface area contributed by atoms with Crippen molar-refractivity contribution in [1.82, 2.24) is 5.32 Å². The van der Waals surface area contributed by atoms with Crippen molar-refractivity contribution < 1.29 is 22.7 Å². The maximum atomic E-state index is 12.9. The second-order valence-corrected chi connectivity index (χ2v) is 6.44. The number of halogens is 4. The van der Waals surface area contributed by atoms with Crippen molar-refractivity contribution in [1.29, 1.82) is 0 Å². The number of alkyl halides is 3. The second-order valence-electron chi connectivity index (χ2n) is 6.03. The molecule has 2 rings (SSSR count). The lowest BCUT2D eigenvalue weighted by molar-refractivity contribution is -0.137. The van der Waals surface area contributed by atoms with E-state index in [9.17, 15) is 18.0 Å². The zero-order valence-electron chi connectivity index (χ0n) is 15.4.